The molecule has 1 aromatic heterocycles. The molecule has 1 aromatic rings. The standard InChI is InChI=1S/C9H10F3N3O3/c1-18-7(17)5(4-16)14-8-13-3-2-6(15-8)9(10,11)12/h2-3,5,16H,4H2,1H3,(H,13,14,15)/t5-/m1/s1. The zero-order chi connectivity index (χ0) is 13.8. The molecule has 0 bridgehead atoms. The Balaban J connectivity index is 2.88. The van der Waals surface area contributed by atoms with E-state index in [1.807, 2.05) is 0 Å². The van der Waals surface area contributed by atoms with Crippen molar-refractivity contribution >= 4 is 11.9 Å². The van der Waals surface area contributed by atoms with Crippen molar-refractivity contribution in [1.82, 2.24) is 9.97 Å². The van der Waals surface area contributed by atoms with Gasteiger partial charge in [0.15, 0.2) is 6.04 Å². The first-order chi connectivity index (χ1) is 8.38. The molecule has 1 atom stereocenters. The van der Waals surface area contributed by atoms with Crippen molar-refractivity contribution in [2.45, 2.75) is 12.2 Å². The van der Waals surface area contributed by atoms with Gasteiger partial charge in [0.1, 0.15) is 5.69 Å². The maximum absolute atomic E-state index is 12.4. The van der Waals surface area contributed by atoms with Gasteiger partial charge in [-0.2, -0.15) is 13.2 Å². The Bertz CT molecular complexity index is 425. The SMILES string of the molecule is COC(=O)[C@@H](CO)Nc1nccc(C(F)(F)F)n1. The Morgan fingerprint density at radius 2 is 2.28 bits per heavy atom. The van der Waals surface area contributed by atoms with Crippen molar-refractivity contribution in [3.8, 4) is 0 Å². The van der Waals surface area contributed by atoms with Crippen molar-refractivity contribution < 1.29 is 27.8 Å². The zero-order valence-electron chi connectivity index (χ0n) is 9.23. The zero-order valence-corrected chi connectivity index (χ0v) is 9.23. The molecule has 0 aromatic carbocycles. The molecule has 0 unspecified atom stereocenters. The Morgan fingerprint density at radius 1 is 1.61 bits per heavy atom. The average molecular weight is 265 g/mol. The van der Waals surface area contributed by atoms with E-state index in [1.54, 1.807) is 0 Å². The quantitative estimate of drug-likeness (QED) is 0.768. The van der Waals surface area contributed by atoms with Gasteiger partial charge in [0.05, 0.1) is 13.7 Å². The smallest absolute Gasteiger partial charge is 0.433 e. The molecule has 1 heterocycles. The third-order valence-electron chi connectivity index (χ3n) is 1.92. The first-order valence-electron chi connectivity index (χ1n) is 4.74. The lowest BCUT2D eigenvalue weighted by Crippen LogP contribution is -2.34. The highest BCUT2D eigenvalue weighted by atomic mass is 19.4. The number of halogens is 3. The third kappa shape index (κ3) is 3.55. The summed E-state index contributed by atoms with van der Waals surface area (Å²) in [6.45, 7) is -0.660. The summed E-state index contributed by atoms with van der Waals surface area (Å²) in [5.74, 6) is -1.26. The summed E-state index contributed by atoms with van der Waals surface area (Å²) in [5.41, 5.74) is -1.15. The molecule has 0 spiro atoms. The van der Waals surface area contributed by atoms with Crippen LogP contribution in [-0.4, -0.2) is 40.8 Å². The molecule has 0 radical (unpaired) electrons. The number of alkyl halides is 3. The predicted molar refractivity (Wildman–Crippen MR) is 53.5 cm³/mol. The number of anilines is 1. The molecule has 18 heavy (non-hydrogen) atoms. The van der Waals surface area contributed by atoms with Crippen LogP contribution in [0.25, 0.3) is 0 Å². The van der Waals surface area contributed by atoms with Gasteiger partial charge in [-0.05, 0) is 6.07 Å². The topological polar surface area (TPSA) is 84.3 Å². The number of aromatic nitrogens is 2. The fourth-order valence-electron chi connectivity index (χ4n) is 1.06. The first kappa shape index (κ1) is 14.2. The van der Waals surface area contributed by atoms with Crippen molar-refractivity contribution in [3.05, 3.63) is 18.0 Å². The van der Waals surface area contributed by atoms with Crippen LogP contribution in [0, 0.1) is 0 Å². The molecule has 0 amide bonds. The van der Waals surface area contributed by atoms with Gasteiger partial charge in [0.25, 0.3) is 0 Å². The Hall–Kier alpha value is -1.90. The molecule has 100 valence electrons. The Morgan fingerprint density at radius 3 is 2.78 bits per heavy atom. The number of carbonyl (C=O) groups is 1. The summed E-state index contributed by atoms with van der Waals surface area (Å²) in [4.78, 5) is 17.8. The highest BCUT2D eigenvalue weighted by Gasteiger charge is 2.33. The van der Waals surface area contributed by atoms with Gasteiger partial charge < -0.3 is 15.2 Å². The van der Waals surface area contributed by atoms with Crippen LogP contribution in [0.1, 0.15) is 5.69 Å². The molecular formula is C9H10F3N3O3. The molecule has 2 N–H and O–H groups in total. The number of ether oxygens (including phenoxy) is 1. The van der Waals surface area contributed by atoms with E-state index in [4.69, 9.17) is 5.11 Å². The fourth-order valence-corrected chi connectivity index (χ4v) is 1.06. The maximum atomic E-state index is 12.4. The second-order valence-electron chi connectivity index (χ2n) is 3.17. The van der Waals surface area contributed by atoms with Crippen molar-refractivity contribution in [2.24, 2.45) is 0 Å². The van der Waals surface area contributed by atoms with Crippen LogP contribution in [0.2, 0.25) is 0 Å². The number of nitrogens with one attached hydrogen (secondary N) is 1. The number of rotatable bonds is 4. The van der Waals surface area contributed by atoms with E-state index < -0.39 is 36.4 Å². The number of hydrogen-bond donors (Lipinski definition) is 2. The molecule has 0 aliphatic rings. The van der Waals surface area contributed by atoms with Crippen LogP contribution in [0.4, 0.5) is 19.1 Å². The molecule has 0 fully saturated rings. The van der Waals surface area contributed by atoms with Crippen LogP contribution >= 0.6 is 0 Å². The molecule has 6 nitrogen and oxygen atoms in total. The Kier molecular flexibility index (Phi) is 4.43. The van der Waals surface area contributed by atoms with Crippen LogP contribution in [0.3, 0.4) is 0 Å². The number of methoxy groups -OCH3 is 1. The lowest BCUT2D eigenvalue weighted by molar-refractivity contribution is -0.142. The third-order valence-corrected chi connectivity index (χ3v) is 1.92. The van der Waals surface area contributed by atoms with Crippen LogP contribution in [0.15, 0.2) is 12.3 Å². The van der Waals surface area contributed by atoms with Gasteiger partial charge >= 0.3 is 12.1 Å². The Labute approximate surface area is 99.8 Å². The molecule has 1 rings (SSSR count). The molecule has 0 aliphatic heterocycles. The average Bonchev–Trinajstić information content (AvgIpc) is 2.34. The fraction of sp³-hybridized carbons (Fsp3) is 0.444. The van der Waals surface area contributed by atoms with E-state index in [0.717, 1.165) is 13.3 Å². The summed E-state index contributed by atoms with van der Waals surface area (Å²) < 4.78 is 41.4. The summed E-state index contributed by atoms with van der Waals surface area (Å²) >= 11 is 0. The number of aliphatic hydroxyl groups excluding tert-OH is 1. The van der Waals surface area contributed by atoms with E-state index in [2.05, 4.69) is 20.0 Å². The molecule has 0 saturated heterocycles. The van der Waals surface area contributed by atoms with Crippen LogP contribution < -0.4 is 5.32 Å². The lowest BCUT2D eigenvalue weighted by Gasteiger charge is -2.14. The molecular weight excluding hydrogens is 255 g/mol. The van der Waals surface area contributed by atoms with E-state index in [-0.39, 0.29) is 0 Å². The van der Waals surface area contributed by atoms with Gasteiger partial charge in [0, 0.05) is 6.20 Å². The largest absolute Gasteiger partial charge is 0.467 e. The van der Waals surface area contributed by atoms with Crippen LogP contribution in [-0.2, 0) is 15.7 Å². The number of nitrogens with zero attached hydrogens (tertiary/aromatic N) is 2. The van der Waals surface area contributed by atoms with Crippen molar-refractivity contribution in [2.75, 3.05) is 19.0 Å². The van der Waals surface area contributed by atoms with E-state index in [9.17, 15) is 18.0 Å². The monoisotopic (exact) mass is 265 g/mol. The van der Waals surface area contributed by atoms with Crippen molar-refractivity contribution in [1.29, 1.82) is 0 Å². The van der Waals surface area contributed by atoms with E-state index in [0.29, 0.717) is 6.07 Å². The van der Waals surface area contributed by atoms with Crippen LogP contribution in [0.5, 0.6) is 0 Å². The highest BCUT2D eigenvalue weighted by Crippen LogP contribution is 2.27. The summed E-state index contributed by atoms with van der Waals surface area (Å²) in [6.07, 6.45) is -3.72. The van der Waals surface area contributed by atoms with Gasteiger partial charge in [0.2, 0.25) is 5.95 Å². The number of carbonyl (C=O) groups excluding carboxylic acids is 1. The molecule has 0 saturated carbocycles. The summed E-state index contributed by atoms with van der Waals surface area (Å²) in [5, 5.41) is 11.1. The maximum Gasteiger partial charge on any atom is 0.433 e. The highest BCUT2D eigenvalue weighted by molar-refractivity contribution is 5.78. The minimum atomic E-state index is -4.61. The number of esters is 1. The minimum Gasteiger partial charge on any atom is -0.467 e. The number of aliphatic hydroxyl groups is 1. The normalized spacial score (nSPS) is 12.9. The lowest BCUT2D eigenvalue weighted by atomic mass is 10.3. The minimum absolute atomic E-state index is 0.422. The van der Waals surface area contributed by atoms with Gasteiger partial charge in [-0.3, -0.25) is 0 Å². The summed E-state index contributed by atoms with van der Waals surface area (Å²) in [7, 11) is 1.08. The van der Waals surface area contributed by atoms with Gasteiger partial charge in [-0.1, -0.05) is 0 Å². The van der Waals surface area contributed by atoms with E-state index >= 15 is 0 Å². The molecule has 0 aliphatic carbocycles. The van der Waals surface area contributed by atoms with Gasteiger partial charge in [-0.25, -0.2) is 14.8 Å². The molecule has 9 heteroatoms. The number of hydrogen-bond acceptors (Lipinski definition) is 6. The second-order valence-corrected chi connectivity index (χ2v) is 3.17. The van der Waals surface area contributed by atoms with Gasteiger partial charge in [-0.15, -0.1) is 0 Å². The van der Waals surface area contributed by atoms with Crippen molar-refractivity contribution in [3.63, 3.8) is 0 Å². The first-order valence-corrected chi connectivity index (χ1v) is 4.74. The predicted octanol–water partition coefficient (Wildman–Crippen LogP) is 0.441. The summed E-state index contributed by atoms with van der Waals surface area (Å²) in [6, 6.07) is -0.532. The van der Waals surface area contributed by atoms with E-state index in [1.165, 1.54) is 0 Å². The second kappa shape index (κ2) is 5.63.